The van der Waals surface area contributed by atoms with E-state index in [1.54, 1.807) is 12.1 Å². The number of methoxy groups -OCH3 is 1. The van der Waals surface area contributed by atoms with Crippen molar-refractivity contribution in [2.45, 2.75) is 26.4 Å². The van der Waals surface area contributed by atoms with Crippen LogP contribution in [-0.4, -0.2) is 13.1 Å². The molecule has 27 heavy (non-hydrogen) atoms. The third-order valence-corrected chi connectivity index (χ3v) is 4.55. The summed E-state index contributed by atoms with van der Waals surface area (Å²) in [4.78, 5) is 11.9. The van der Waals surface area contributed by atoms with E-state index < -0.39 is 0 Å². The van der Waals surface area contributed by atoms with Crippen LogP contribution >= 0.6 is 0 Å². The lowest BCUT2D eigenvalue weighted by atomic mass is 10.0. The topological polar surface area (TPSA) is 35.5 Å². The van der Waals surface area contributed by atoms with Crippen LogP contribution in [0, 0.1) is 0 Å². The Hall–Kier alpha value is -3.07. The third-order valence-electron chi connectivity index (χ3n) is 4.55. The lowest BCUT2D eigenvalue weighted by Crippen LogP contribution is -2.05. The van der Waals surface area contributed by atoms with Crippen LogP contribution in [0.2, 0.25) is 0 Å². The Kier molecular flexibility index (Phi) is 6.26. The SMILES string of the molecule is CCc1ccc(Cc2ccc(C(=O)OC)cc2OCc2ccccc2)cc1. The van der Waals surface area contributed by atoms with Crippen molar-refractivity contribution in [1.82, 2.24) is 0 Å². The summed E-state index contributed by atoms with van der Waals surface area (Å²) in [7, 11) is 1.38. The maximum Gasteiger partial charge on any atom is 0.337 e. The first-order valence-corrected chi connectivity index (χ1v) is 9.15. The van der Waals surface area contributed by atoms with Crippen molar-refractivity contribution in [2.24, 2.45) is 0 Å². The predicted octanol–water partition coefficient (Wildman–Crippen LogP) is 5.21. The van der Waals surface area contributed by atoms with Crippen molar-refractivity contribution < 1.29 is 14.3 Å². The van der Waals surface area contributed by atoms with E-state index in [0.29, 0.717) is 17.9 Å². The first-order chi connectivity index (χ1) is 13.2. The average Bonchev–Trinajstić information content (AvgIpc) is 2.73. The second-order valence-electron chi connectivity index (χ2n) is 6.44. The maximum atomic E-state index is 11.9. The van der Waals surface area contributed by atoms with Crippen LogP contribution in [0.25, 0.3) is 0 Å². The molecule has 3 rings (SSSR count). The Labute approximate surface area is 160 Å². The van der Waals surface area contributed by atoms with Crippen LogP contribution < -0.4 is 4.74 Å². The summed E-state index contributed by atoms with van der Waals surface area (Å²) in [5, 5.41) is 0. The minimum atomic E-state index is -0.363. The number of hydrogen-bond donors (Lipinski definition) is 0. The molecule has 3 aromatic carbocycles. The smallest absolute Gasteiger partial charge is 0.337 e. The summed E-state index contributed by atoms with van der Waals surface area (Å²) >= 11 is 0. The second kappa shape index (κ2) is 9.04. The summed E-state index contributed by atoms with van der Waals surface area (Å²) in [6, 6.07) is 24.1. The predicted molar refractivity (Wildman–Crippen MR) is 107 cm³/mol. The van der Waals surface area contributed by atoms with E-state index in [2.05, 4.69) is 31.2 Å². The van der Waals surface area contributed by atoms with Crippen molar-refractivity contribution >= 4 is 5.97 Å². The number of aryl methyl sites for hydroxylation is 1. The van der Waals surface area contributed by atoms with Gasteiger partial charge in [-0.1, -0.05) is 67.6 Å². The molecule has 3 nitrogen and oxygen atoms in total. The highest BCUT2D eigenvalue weighted by atomic mass is 16.5. The fourth-order valence-corrected chi connectivity index (χ4v) is 2.93. The Morgan fingerprint density at radius 2 is 1.56 bits per heavy atom. The van der Waals surface area contributed by atoms with E-state index in [-0.39, 0.29) is 5.97 Å². The van der Waals surface area contributed by atoms with E-state index in [1.165, 1.54) is 18.2 Å². The maximum absolute atomic E-state index is 11.9. The molecule has 0 spiro atoms. The van der Waals surface area contributed by atoms with Gasteiger partial charge in [-0.15, -0.1) is 0 Å². The number of ether oxygens (including phenoxy) is 2. The number of esters is 1. The molecule has 0 amide bonds. The minimum absolute atomic E-state index is 0.363. The molecule has 0 unspecified atom stereocenters. The first-order valence-electron chi connectivity index (χ1n) is 9.15. The van der Waals surface area contributed by atoms with Crippen molar-refractivity contribution in [1.29, 1.82) is 0 Å². The van der Waals surface area contributed by atoms with Gasteiger partial charge in [0.25, 0.3) is 0 Å². The molecule has 0 N–H and O–H groups in total. The van der Waals surface area contributed by atoms with Crippen molar-refractivity contribution in [3.05, 3.63) is 101 Å². The monoisotopic (exact) mass is 360 g/mol. The van der Waals surface area contributed by atoms with E-state index in [9.17, 15) is 4.79 Å². The number of carbonyl (C=O) groups excluding carboxylic acids is 1. The molecule has 0 aliphatic rings. The fourth-order valence-electron chi connectivity index (χ4n) is 2.93. The molecular formula is C24H24O3. The van der Waals surface area contributed by atoms with Gasteiger partial charge in [0.1, 0.15) is 12.4 Å². The molecule has 0 bridgehead atoms. The number of carbonyl (C=O) groups is 1. The number of hydrogen-bond acceptors (Lipinski definition) is 3. The number of benzene rings is 3. The summed E-state index contributed by atoms with van der Waals surface area (Å²) < 4.78 is 10.9. The normalized spacial score (nSPS) is 10.4. The summed E-state index contributed by atoms with van der Waals surface area (Å²) in [5.74, 6) is 0.347. The molecular weight excluding hydrogens is 336 g/mol. The molecule has 0 atom stereocenters. The van der Waals surface area contributed by atoms with Crippen LogP contribution in [0.4, 0.5) is 0 Å². The molecule has 0 aliphatic heterocycles. The van der Waals surface area contributed by atoms with Gasteiger partial charge in [0.05, 0.1) is 12.7 Å². The van der Waals surface area contributed by atoms with E-state index in [1.807, 2.05) is 36.4 Å². The molecule has 3 aromatic rings. The molecule has 0 saturated heterocycles. The molecule has 0 fully saturated rings. The zero-order valence-electron chi connectivity index (χ0n) is 15.8. The molecule has 138 valence electrons. The van der Waals surface area contributed by atoms with Gasteiger partial charge in [-0.05, 0) is 40.8 Å². The largest absolute Gasteiger partial charge is 0.489 e. The molecule has 3 heteroatoms. The van der Waals surface area contributed by atoms with Crippen LogP contribution in [0.1, 0.15) is 39.5 Å². The lowest BCUT2D eigenvalue weighted by Gasteiger charge is -2.13. The zero-order valence-corrected chi connectivity index (χ0v) is 15.8. The Bertz CT molecular complexity index is 883. The molecule has 0 heterocycles. The fraction of sp³-hybridized carbons (Fsp3) is 0.208. The standard InChI is InChI=1S/C24H24O3/c1-3-18-9-11-19(12-10-18)15-21-13-14-22(24(25)26-2)16-23(21)27-17-20-7-5-4-6-8-20/h4-14,16H,3,15,17H2,1-2H3. The Morgan fingerprint density at radius 1 is 0.852 bits per heavy atom. The van der Waals surface area contributed by atoms with Gasteiger partial charge in [-0.25, -0.2) is 4.79 Å². The van der Waals surface area contributed by atoms with Crippen molar-refractivity contribution in [2.75, 3.05) is 7.11 Å². The van der Waals surface area contributed by atoms with Crippen molar-refractivity contribution in [3.8, 4) is 5.75 Å². The Morgan fingerprint density at radius 3 is 2.22 bits per heavy atom. The summed E-state index contributed by atoms with van der Waals surface area (Å²) in [6.45, 7) is 2.60. The zero-order chi connectivity index (χ0) is 19.1. The molecule has 0 radical (unpaired) electrons. The first kappa shape index (κ1) is 18.7. The minimum Gasteiger partial charge on any atom is -0.489 e. The van der Waals surface area contributed by atoms with Crippen LogP contribution in [0.15, 0.2) is 72.8 Å². The van der Waals surface area contributed by atoms with Crippen molar-refractivity contribution in [3.63, 3.8) is 0 Å². The van der Waals surface area contributed by atoms with E-state index in [4.69, 9.17) is 9.47 Å². The lowest BCUT2D eigenvalue weighted by molar-refractivity contribution is 0.0600. The molecule has 0 aliphatic carbocycles. The number of rotatable bonds is 7. The van der Waals surface area contributed by atoms with Gasteiger partial charge in [0.15, 0.2) is 0 Å². The summed E-state index contributed by atoms with van der Waals surface area (Å²) in [5.41, 5.74) is 5.15. The highest BCUT2D eigenvalue weighted by Gasteiger charge is 2.12. The third kappa shape index (κ3) is 4.98. The second-order valence-corrected chi connectivity index (χ2v) is 6.44. The van der Waals surface area contributed by atoms with Gasteiger partial charge >= 0.3 is 5.97 Å². The van der Waals surface area contributed by atoms with Gasteiger partial charge in [0, 0.05) is 6.42 Å². The summed E-state index contributed by atoms with van der Waals surface area (Å²) in [6.07, 6.45) is 1.77. The van der Waals surface area contributed by atoms with E-state index >= 15 is 0 Å². The Balaban J connectivity index is 1.85. The van der Waals surface area contributed by atoms with Gasteiger partial charge in [0.2, 0.25) is 0 Å². The quantitative estimate of drug-likeness (QED) is 0.543. The van der Waals surface area contributed by atoms with Crippen LogP contribution in [0.5, 0.6) is 5.75 Å². The average molecular weight is 360 g/mol. The van der Waals surface area contributed by atoms with Crippen LogP contribution in [0.3, 0.4) is 0 Å². The highest BCUT2D eigenvalue weighted by molar-refractivity contribution is 5.89. The van der Waals surface area contributed by atoms with Crippen LogP contribution in [-0.2, 0) is 24.2 Å². The van der Waals surface area contributed by atoms with Gasteiger partial charge < -0.3 is 9.47 Å². The molecule has 0 saturated carbocycles. The highest BCUT2D eigenvalue weighted by Crippen LogP contribution is 2.25. The molecule has 0 aromatic heterocycles. The van der Waals surface area contributed by atoms with Gasteiger partial charge in [-0.3, -0.25) is 0 Å². The van der Waals surface area contributed by atoms with E-state index in [0.717, 1.165) is 24.0 Å². The van der Waals surface area contributed by atoms with Gasteiger partial charge in [-0.2, -0.15) is 0 Å².